The van der Waals surface area contributed by atoms with Crippen molar-refractivity contribution in [2.75, 3.05) is 11.9 Å². The monoisotopic (exact) mass is 696 g/mol. The third-order valence-corrected chi connectivity index (χ3v) is 7.03. The van der Waals surface area contributed by atoms with Gasteiger partial charge in [-0.15, -0.1) is 0 Å². The maximum absolute atomic E-state index is 14.4. The van der Waals surface area contributed by atoms with E-state index in [4.69, 9.17) is 9.47 Å². The van der Waals surface area contributed by atoms with E-state index in [-0.39, 0.29) is 36.2 Å². The van der Waals surface area contributed by atoms with Crippen molar-refractivity contribution >= 4 is 29.7 Å². The number of benzene rings is 3. The van der Waals surface area contributed by atoms with Gasteiger partial charge < -0.3 is 35.8 Å². The predicted octanol–water partition coefficient (Wildman–Crippen LogP) is 5.66. The fourth-order valence-corrected chi connectivity index (χ4v) is 4.80. The van der Waals surface area contributed by atoms with Crippen LogP contribution in [0.4, 0.5) is 24.1 Å². The molecule has 0 heterocycles. The number of aliphatic hydroxyl groups is 1. The Morgan fingerprint density at radius 2 is 1.44 bits per heavy atom. The van der Waals surface area contributed by atoms with Crippen molar-refractivity contribution in [1.29, 1.82) is 0 Å². The van der Waals surface area contributed by atoms with Crippen LogP contribution in [0.25, 0.3) is 0 Å². The molecule has 3 rings (SSSR count). The Morgan fingerprint density at radius 3 is 2.08 bits per heavy atom. The zero-order valence-corrected chi connectivity index (χ0v) is 29.1. The van der Waals surface area contributed by atoms with Gasteiger partial charge in [0.05, 0.1) is 12.1 Å². The van der Waals surface area contributed by atoms with Crippen molar-refractivity contribution < 1.29 is 42.5 Å². The summed E-state index contributed by atoms with van der Waals surface area (Å²) in [7, 11) is 0. The zero-order chi connectivity index (χ0) is 37.1. The molecule has 0 aliphatic heterocycles. The van der Waals surface area contributed by atoms with Gasteiger partial charge in [0.1, 0.15) is 22.8 Å². The van der Waals surface area contributed by atoms with Gasteiger partial charge in [-0.25, -0.2) is 18.4 Å². The van der Waals surface area contributed by atoms with Gasteiger partial charge in [0.2, 0.25) is 0 Å². The van der Waals surface area contributed by atoms with E-state index < -0.39 is 65.0 Å². The summed E-state index contributed by atoms with van der Waals surface area (Å²) in [5.41, 5.74) is -0.382. The maximum atomic E-state index is 14.4. The minimum absolute atomic E-state index is 0.00759. The van der Waals surface area contributed by atoms with Crippen LogP contribution in [0, 0.1) is 11.6 Å². The summed E-state index contributed by atoms with van der Waals surface area (Å²) in [5, 5.41) is 21.5. The third-order valence-electron chi connectivity index (χ3n) is 7.03. The molecular formula is C37H46F2N4O7. The summed E-state index contributed by atoms with van der Waals surface area (Å²) < 4.78 is 38.9. The van der Waals surface area contributed by atoms with Gasteiger partial charge >= 0.3 is 12.2 Å². The van der Waals surface area contributed by atoms with E-state index in [9.17, 15) is 33.1 Å². The van der Waals surface area contributed by atoms with Crippen LogP contribution >= 0.6 is 0 Å². The number of rotatable bonds is 13. The number of nitrogens with one attached hydrogen (secondary N) is 4. The molecule has 5 N–H and O–H groups in total. The van der Waals surface area contributed by atoms with Gasteiger partial charge in [0.15, 0.2) is 6.10 Å². The maximum Gasteiger partial charge on any atom is 0.407 e. The molecule has 11 nitrogen and oxygen atoms in total. The van der Waals surface area contributed by atoms with Crippen LogP contribution in [-0.2, 0) is 27.1 Å². The Balaban J connectivity index is 1.70. The normalized spacial score (nSPS) is 13.3. The highest BCUT2D eigenvalue weighted by atomic mass is 19.1. The van der Waals surface area contributed by atoms with E-state index in [0.29, 0.717) is 6.42 Å². The van der Waals surface area contributed by atoms with E-state index in [2.05, 4.69) is 21.3 Å². The Hall–Kier alpha value is -5.04. The standard InChI is InChI=1S/C37H46F2N4O7/c1-36(2,3)49-34(47)42-28(21-25-19-26(38)16-17-29(25)39)22-40-32(45)24-13-10-14-27(20-24)41-33(46)31(44)30(43-35(48)50-37(4,5)6)18-15-23-11-8-7-9-12-23/h7-14,16-17,19-20,28,30-31,44H,15,18,21-22H2,1-6H3,(H,40,45)(H,41,46)(H,42,47)(H,43,48). The van der Waals surface area contributed by atoms with Crippen LogP contribution < -0.4 is 21.3 Å². The first-order valence-corrected chi connectivity index (χ1v) is 16.2. The van der Waals surface area contributed by atoms with Crippen LogP contribution in [0.1, 0.15) is 69.4 Å². The van der Waals surface area contributed by atoms with Gasteiger partial charge in [-0.1, -0.05) is 36.4 Å². The molecule has 270 valence electrons. The lowest BCUT2D eigenvalue weighted by atomic mass is 10.0. The minimum Gasteiger partial charge on any atom is -0.444 e. The SMILES string of the molecule is CC(C)(C)OC(=O)NC(CNC(=O)c1cccc(NC(=O)C(O)C(CCc2ccccc2)NC(=O)OC(C)(C)C)c1)Cc1cc(F)ccc1F. The fraction of sp³-hybridized carbons (Fsp3) is 0.405. The molecule has 0 fully saturated rings. The van der Waals surface area contributed by atoms with Gasteiger partial charge in [-0.05, 0) is 108 Å². The largest absolute Gasteiger partial charge is 0.444 e. The van der Waals surface area contributed by atoms with E-state index in [1.54, 1.807) is 41.5 Å². The number of hydrogen-bond acceptors (Lipinski definition) is 7. The summed E-state index contributed by atoms with van der Waals surface area (Å²) in [4.78, 5) is 51.4. The molecule has 0 aliphatic carbocycles. The van der Waals surface area contributed by atoms with Gasteiger partial charge in [0, 0.05) is 17.8 Å². The zero-order valence-electron chi connectivity index (χ0n) is 29.1. The van der Waals surface area contributed by atoms with Crippen LogP contribution in [0.3, 0.4) is 0 Å². The summed E-state index contributed by atoms with van der Waals surface area (Å²) >= 11 is 0. The average Bonchev–Trinajstić information content (AvgIpc) is 3.02. The van der Waals surface area contributed by atoms with E-state index in [1.165, 1.54) is 24.3 Å². The number of carbonyl (C=O) groups is 4. The number of hydrogen-bond donors (Lipinski definition) is 5. The molecule has 0 aliphatic rings. The van der Waals surface area contributed by atoms with Crippen molar-refractivity contribution in [3.8, 4) is 0 Å². The molecular weight excluding hydrogens is 650 g/mol. The van der Waals surface area contributed by atoms with Crippen molar-refractivity contribution in [2.45, 2.75) is 90.2 Å². The Bertz CT molecular complexity index is 1620. The smallest absolute Gasteiger partial charge is 0.407 e. The molecule has 3 aromatic rings. The van der Waals surface area contributed by atoms with Crippen molar-refractivity contribution in [1.82, 2.24) is 16.0 Å². The van der Waals surface area contributed by atoms with E-state index >= 15 is 0 Å². The first-order valence-electron chi connectivity index (χ1n) is 16.2. The Morgan fingerprint density at radius 1 is 0.800 bits per heavy atom. The molecule has 50 heavy (non-hydrogen) atoms. The Labute approximate surface area is 291 Å². The molecule has 4 amide bonds. The number of carbonyl (C=O) groups excluding carboxylic acids is 4. The van der Waals surface area contributed by atoms with Crippen LogP contribution in [0.15, 0.2) is 72.8 Å². The van der Waals surface area contributed by atoms with Gasteiger partial charge in [0.25, 0.3) is 11.8 Å². The third kappa shape index (κ3) is 13.8. The molecule has 0 radical (unpaired) electrons. The molecule has 3 aromatic carbocycles. The van der Waals surface area contributed by atoms with Crippen molar-refractivity contribution in [3.63, 3.8) is 0 Å². The molecule has 0 aromatic heterocycles. The second-order valence-corrected chi connectivity index (χ2v) is 13.8. The van der Waals surface area contributed by atoms with Gasteiger partial charge in [-0.2, -0.15) is 0 Å². The predicted molar refractivity (Wildman–Crippen MR) is 185 cm³/mol. The van der Waals surface area contributed by atoms with Crippen LogP contribution in [-0.4, -0.2) is 65.0 Å². The topological polar surface area (TPSA) is 155 Å². The number of aliphatic hydroxyl groups excluding tert-OH is 1. The average molecular weight is 697 g/mol. The van der Waals surface area contributed by atoms with E-state index in [0.717, 1.165) is 23.8 Å². The quantitative estimate of drug-likeness (QED) is 0.155. The highest BCUT2D eigenvalue weighted by Gasteiger charge is 2.30. The number of halogens is 2. The highest BCUT2D eigenvalue weighted by molar-refractivity contribution is 5.98. The number of ether oxygens (including phenoxy) is 2. The second kappa shape index (κ2) is 17.6. The Kier molecular flexibility index (Phi) is 13.8. The first-order chi connectivity index (χ1) is 23.4. The molecule has 13 heteroatoms. The number of anilines is 1. The number of amides is 4. The molecule has 3 unspecified atom stereocenters. The minimum atomic E-state index is -1.67. The summed E-state index contributed by atoms with van der Waals surface area (Å²) in [6.07, 6.45) is -2.75. The summed E-state index contributed by atoms with van der Waals surface area (Å²) in [6, 6.07) is 16.3. The fourth-order valence-electron chi connectivity index (χ4n) is 4.80. The van der Waals surface area contributed by atoms with Crippen LogP contribution in [0.5, 0.6) is 0 Å². The lowest BCUT2D eigenvalue weighted by Gasteiger charge is -2.26. The molecule has 0 bridgehead atoms. The van der Waals surface area contributed by atoms with Crippen molar-refractivity contribution in [3.05, 3.63) is 101 Å². The summed E-state index contributed by atoms with van der Waals surface area (Å²) in [6.45, 7) is 9.91. The van der Waals surface area contributed by atoms with E-state index in [1.807, 2.05) is 30.3 Å². The van der Waals surface area contributed by atoms with Crippen molar-refractivity contribution in [2.24, 2.45) is 0 Å². The lowest BCUT2D eigenvalue weighted by molar-refractivity contribution is -0.125. The molecule has 3 atom stereocenters. The van der Waals surface area contributed by atoms with Gasteiger partial charge in [-0.3, -0.25) is 9.59 Å². The number of aryl methyl sites for hydroxylation is 1. The molecule has 0 spiro atoms. The lowest BCUT2D eigenvalue weighted by Crippen LogP contribution is -2.50. The molecule has 0 saturated heterocycles. The van der Waals surface area contributed by atoms with Crippen LogP contribution in [0.2, 0.25) is 0 Å². The summed E-state index contributed by atoms with van der Waals surface area (Å²) in [5.74, 6) is -2.75. The second-order valence-electron chi connectivity index (χ2n) is 13.8. The first kappa shape index (κ1) is 39.4. The highest BCUT2D eigenvalue weighted by Crippen LogP contribution is 2.16. The number of alkyl carbamates (subject to hydrolysis) is 2. The molecule has 0 saturated carbocycles.